The molecule has 0 radical (unpaired) electrons. The van der Waals surface area contributed by atoms with Crippen molar-refractivity contribution in [3.63, 3.8) is 0 Å². The van der Waals surface area contributed by atoms with Crippen molar-refractivity contribution in [3.8, 4) is 6.07 Å². The minimum atomic E-state index is -0.326. The number of hydrogen-bond acceptors (Lipinski definition) is 6. The Morgan fingerprint density at radius 3 is 2.53 bits per heavy atom. The fourth-order valence-corrected chi connectivity index (χ4v) is 3.88. The van der Waals surface area contributed by atoms with Gasteiger partial charge in [-0.2, -0.15) is 10.2 Å². The molecule has 0 amide bonds. The highest BCUT2D eigenvalue weighted by Gasteiger charge is 2.22. The summed E-state index contributed by atoms with van der Waals surface area (Å²) in [5.41, 5.74) is 10.5. The Hall–Kier alpha value is -4.44. The van der Waals surface area contributed by atoms with Crippen molar-refractivity contribution in [2.45, 2.75) is 19.9 Å². The number of halogens is 1. The second-order valence-electron chi connectivity index (χ2n) is 8.23. The summed E-state index contributed by atoms with van der Waals surface area (Å²) in [6, 6.07) is 17.4. The van der Waals surface area contributed by atoms with Crippen LogP contribution in [0.4, 0.5) is 27.5 Å². The Bertz CT molecular complexity index is 1300. The van der Waals surface area contributed by atoms with Crippen LogP contribution < -0.4 is 16.4 Å². The molecule has 2 unspecified atom stereocenters. The Morgan fingerprint density at radius 1 is 1.12 bits per heavy atom. The molecule has 4 rings (SSSR count). The number of nitrogen functional groups attached to an aromatic ring is 1. The highest BCUT2D eigenvalue weighted by molar-refractivity contribution is 5.79. The SMILES string of the molecule is CC1=CC(/C=C(/C#N)c2ccc(F)cc2)=CC(C)C1Nc1ccnc(Nc2ccc(N)cc2)n1. The molecule has 0 aliphatic heterocycles. The molecule has 1 aromatic heterocycles. The van der Waals surface area contributed by atoms with Gasteiger partial charge in [0, 0.05) is 17.6 Å². The van der Waals surface area contributed by atoms with Gasteiger partial charge in [-0.25, -0.2) is 9.37 Å². The first kappa shape index (κ1) is 22.7. The molecule has 0 saturated carbocycles. The summed E-state index contributed by atoms with van der Waals surface area (Å²) in [7, 11) is 0. The average Bonchev–Trinajstić information content (AvgIpc) is 2.82. The quantitative estimate of drug-likeness (QED) is 0.320. The van der Waals surface area contributed by atoms with Crippen molar-refractivity contribution in [2.75, 3.05) is 16.4 Å². The van der Waals surface area contributed by atoms with Crippen molar-refractivity contribution in [1.82, 2.24) is 9.97 Å². The number of rotatable bonds is 6. The Kier molecular flexibility index (Phi) is 6.69. The predicted molar refractivity (Wildman–Crippen MR) is 135 cm³/mol. The second-order valence-corrected chi connectivity index (χ2v) is 8.23. The van der Waals surface area contributed by atoms with Crippen LogP contribution in [-0.2, 0) is 0 Å². The summed E-state index contributed by atoms with van der Waals surface area (Å²) >= 11 is 0. The lowest BCUT2D eigenvalue weighted by molar-refractivity contribution is 0.625. The Balaban J connectivity index is 1.49. The maximum absolute atomic E-state index is 13.2. The molecule has 0 saturated heterocycles. The molecule has 1 aliphatic rings. The van der Waals surface area contributed by atoms with Crippen molar-refractivity contribution in [1.29, 1.82) is 5.26 Å². The van der Waals surface area contributed by atoms with Crippen molar-refractivity contribution in [2.24, 2.45) is 5.92 Å². The molecule has 0 fully saturated rings. The number of nitrogens with one attached hydrogen (secondary N) is 2. The number of hydrogen-bond donors (Lipinski definition) is 3. The summed E-state index contributed by atoms with van der Waals surface area (Å²) < 4.78 is 13.2. The van der Waals surface area contributed by atoms with Gasteiger partial charge in [0.15, 0.2) is 0 Å². The first-order valence-electron chi connectivity index (χ1n) is 10.9. The molecular weight excluding hydrogens is 427 g/mol. The number of allylic oxidation sites excluding steroid dienone is 4. The molecule has 1 aliphatic carbocycles. The third-order valence-electron chi connectivity index (χ3n) is 5.58. The molecule has 3 aromatic rings. The van der Waals surface area contributed by atoms with Crippen LogP contribution in [0.25, 0.3) is 5.57 Å². The molecule has 2 aromatic carbocycles. The van der Waals surface area contributed by atoms with Crippen LogP contribution >= 0.6 is 0 Å². The minimum absolute atomic E-state index is 0.0350. The molecule has 7 heteroatoms. The molecule has 4 N–H and O–H groups in total. The summed E-state index contributed by atoms with van der Waals surface area (Å²) in [6.07, 6.45) is 7.70. The lowest BCUT2D eigenvalue weighted by atomic mass is 9.86. The number of nitrogens with two attached hydrogens (primary N) is 1. The monoisotopic (exact) mass is 452 g/mol. The fourth-order valence-electron chi connectivity index (χ4n) is 3.88. The number of nitrogens with zero attached hydrogens (tertiary/aromatic N) is 3. The Labute approximate surface area is 198 Å². The molecule has 34 heavy (non-hydrogen) atoms. The van der Waals surface area contributed by atoms with Crippen LogP contribution in [0.2, 0.25) is 0 Å². The van der Waals surface area contributed by atoms with Gasteiger partial charge in [0.05, 0.1) is 17.7 Å². The van der Waals surface area contributed by atoms with Gasteiger partial charge in [-0.05, 0) is 78.1 Å². The van der Waals surface area contributed by atoms with Gasteiger partial charge in [0.1, 0.15) is 11.6 Å². The zero-order valence-corrected chi connectivity index (χ0v) is 19.0. The van der Waals surface area contributed by atoms with E-state index in [9.17, 15) is 9.65 Å². The maximum atomic E-state index is 13.2. The first-order chi connectivity index (χ1) is 16.4. The molecule has 170 valence electrons. The smallest absolute Gasteiger partial charge is 0.229 e. The van der Waals surface area contributed by atoms with Crippen molar-refractivity contribution >= 4 is 28.7 Å². The van der Waals surface area contributed by atoms with Crippen LogP contribution in [0.5, 0.6) is 0 Å². The van der Waals surface area contributed by atoms with Crippen LogP contribution in [0, 0.1) is 23.1 Å². The van der Waals surface area contributed by atoms with Gasteiger partial charge < -0.3 is 16.4 Å². The van der Waals surface area contributed by atoms with E-state index in [-0.39, 0.29) is 17.8 Å². The van der Waals surface area contributed by atoms with Gasteiger partial charge in [-0.3, -0.25) is 0 Å². The normalized spacial score (nSPS) is 17.9. The molecule has 0 spiro atoms. The molecular formula is C27H25FN6. The zero-order valence-electron chi connectivity index (χ0n) is 19.0. The highest BCUT2D eigenvalue weighted by Crippen LogP contribution is 2.28. The van der Waals surface area contributed by atoms with E-state index in [1.165, 1.54) is 12.1 Å². The van der Waals surface area contributed by atoms with E-state index in [1.54, 1.807) is 18.3 Å². The molecule has 2 atom stereocenters. The lowest BCUT2D eigenvalue weighted by Gasteiger charge is -2.28. The van der Waals surface area contributed by atoms with E-state index in [1.807, 2.05) is 49.4 Å². The van der Waals surface area contributed by atoms with Gasteiger partial charge in [-0.1, -0.05) is 31.2 Å². The van der Waals surface area contributed by atoms with Gasteiger partial charge in [0.2, 0.25) is 5.95 Å². The van der Waals surface area contributed by atoms with Crippen molar-refractivity contribution < 1.29 is 4.39 Å². The van der Waals surface area contributed by atoms with Crippen LogP contribution in [0.1, 0.15) is 19.4 Å². The van der Waals surface area contributed by atoms with Crippen LogP contribution in [-0.4, -0.2) is 16.0 Å². The first-order valence-corrected chi connectivity index (χ1v) is 10.9. The maximum Gasteiger partial charge on any atom is 0.229 e. The van der Waals surface area contributed by atoms with Crippen LogP contribution in [0.15, 0.2) is 90.2 Å². The van der Waals surface area contributed by atoms with Gasteiger partial charge in [-0.15, -0.1) is 0 Å². The predicted octanol–water partition coefficient (Wildman–Crippen LogP) is 5.85. The third kappa shape index (κ3) is 5.48. The molecule has 6 nitrogen and oxygen atoms in total. The van der Waals surface area contributed by atoms with E-state index in [2.05, 4.69) is 39.7 Å². The highest BCUT2D eigenvalue weighted by atomic mass is 19.1. The fraction of sp³-hybridized carbons (Fsp3) is 0.148. The van der Waals surface area contributed by atoms with Crippen molar-refractivity contribution in [3.05, 3.63) is 102 Å². The van der Waals surface area contributed by atoms with E-state index in [4.69, 9.17) is 5.73 Å². The molecule has 1 heterocycles. The Morgan fingerprint density at radius 2 is 1.85 bits per heavy atom. The summed E-state index contributed by atoms with van der Waals surface area (Å²) in [5.74, 6) is 1.01. The van der Waals surface area contributed by atoms with E-state index >= 15 is 0 Å². The topological polar surface area (TPSA) is 99.7 Å². The number of benzene rings is 2. The lowest BCUT2D eigenvalue weighted by Crippen LogP contribution is -2.30. The number of anilines is 4. The summed E-state index contributed by atoms with van der Waals surface area (Å²) in [6.45, 7) is 4.16. The number of aromatic nitrogens is 2. The van der Waals surface area contributed by atoms with Gasteiger partial charge in [0.25, 0.3) is 0 Å². The third-order valence-corrected chi connectivity index (χ3v) is 5.58. The van der Waals surface area contributed by atoms with Gasteiger partial charge >= 0.3 is 0 Å². The second kappa shape index (κ2) is 10.0. The average molecular weight is 453 g/mol. The van der Waals surface area contributed by atoms with Crippen LogP contribution in [0.3, 0.4) is 0 Å². The van der Waals surface area contributed by atoms with E-state index < -0.39 is 0 Å². The summed E-state index contributed by atoms with van der Waals surface area (Å²) in [5, 5.41) is 16.3. The molecule has 0 bridgehead atoms. The van der Waals surface area contributed by atoms with E-state index in [0.29, 0.717) is 28.6 Å². The largest absolute Gasteiger partial charge is 0.399 e. The number of nitriles is 1. The summed E-state index contributed by atoms with van der Waals surface area (Å²) in [4.78, 5) is 8.88. The standard InChI is InChI=1S/C27H25FN6/c1-17-13-19(15-21(16-29)20-3-5-22(28)6-4-20)14-18(2)26(17)33-25-11-12-31-27(34-25)32-24-9-7-23(30)8-10-24/h3-15,17,26H,30H2,1-2H3,(H2,31,32,33,34)/b21-15-. The zero-order chi connectivity index (χ0) is 24.1. The minimum Gasteiger partial charge on any atom is -0.399 e. The van der Waals surface area contributed by atoms with E-state index in [0.717, 1.165) is 16.8 Å².